The van der Waals surface area contributed by atoms with Crippen LogP contribution in [0, 0.1) is 0 Å². The third kappa shape index (κ3) is 2.15. The van der Waals surface area contributed by atoms with Crippen LogP contribution >= 0.6 is 11.3 Å². The van der Waals surface area contributed by atoms with Crippen molar-refractivity contribution in [3.63, 3.8) is 0 Å². The van der Waals surface area contributed by atoms with Gasteiger partial charge < -0.3 is 4.74 Å². The minimum absolute atomic E-state index is 0.535. The highest BCUT2D eigenvalue weighted by molar-refractivity contribution is 7.10. The maximum atomic E-state index is 5.36. The van der Waals surface area contributed by atoms with Crippen molar-refractivity contribution in [2.75, 3.05) is 26.3 Å². The summed E-state index contributed by atoms with van der Waals surface area (Å²) in [5.41, 5.74) is 5.19. The van der Waals surface area contributed by atoms with Gasteiger partial charge in [-0.2, -0.15) is 0 Å². The zero-order valence-corrected chi connectivity index (χ0v) is 10.3. The molecule has 88 valence electrons. The summed E-state index contributed by atoms with van der Waals surface area (Å²) in [7, 11) is 0. The third-order valence-corrected chi connectivity index (χ3v) is 4.40. The lowest BCUT2D eigenvalue weighted by Gasteiger charge is -2.33. The number of hydrogen-bond acceptors (Lipinski definition) is 4. The van der Waals surface area contributed by atoms with Crippen molar-refractivity contribution in [3.05, 3.63) is 21.9 Å². The van der Waals surface area contributed by atoms with Crippen molar-refractivity contribution in [1.29, 1.82) is 0 Å². The average molecular weight is 238 g/mol. The summed E-state index contributed by atoms with van der Waals surface area (Å²) in [4.78, 5) is 1.58. The molecule has 2 heterocycles. The zero-order valence-electron chi connectivity index (χ0n) is 9.45. The van der Waals surface area contributed by atoms with Crippen molar-refractivity contribution >= 4 is 11.3 Å². The molecule has 0 aromatic carbocycles. The quantitative estimate of drug-likeness (QED) is 0.852. The predicted molar refractivity (Wildman–Crippen MR) is 65.5 cm³/mol. The Morgan fingerprint density at radius 2 is 2.25 bits per heavy atom. The minimum atomic E-state index is 0.535. The number of nitrogens with zero attached hydrogens (tertiary/aromatic N) is 1. The fourth-order valence-corrected chi connectivity index (χ4v) is 3.52. The van der Waals surface area contributed by atoms with Crippen LogP contribution in [0.1, 0.15) is 29.3 Å². The summed E-state index contributed by atoms with van der Waals surface area (Å²) < 4.78 is 5.36. The molecule has 4 heteroatoms. The first-order valence-electron chi connectivity index (χ1n) is 6.08. The molecular weight excluding hydrogens is 220 g/mol. The summed E-state index contributed by atoms with van der Waals surface area (Å²) >= 11 is 1.91. The van der Waals surface area contributed by atoms with Gasteiger partial charge in [0.15, 0.2) is 0 Å². The first-order valence-corrected chi connectivity index (χ1v) is 6.96. The second kappa shape index (κ2) is 4.84. The number of hydrazine groups is 1. The Labute approximate surface area is 100 Å². The van der Waals surface area contributed by atoms with E-state index in [1.165, 1.54) is 24.8 Å². The Hall–Kier alpha value is -0.420. The molecule has 1 saturated heterocycles. The molecule has 16 heavy (non-hydrogen) atoms. The Morgan fingerprint density at radius 3 is 3.12 bits per heavy atom. The lowest BCUT2D eigenvalue weighted by molar-refractivity contribution is 0.00195. The van der Waals surface area contributed by atoms with Crippen LogP contribution in [0.4, 0.5) is 0 Å². The summed E-state index contributed by atoms with van der Waals surface area (Å²) in [6.07, 6.45) is 3.85. The first-order chi connectivity index (χ1) is 7.93. The molecule has 0 saturated carbocycles. The molecule has 0 radical (unpaired) electrons. The highest BCUT2D eigenvalue weighted by atomic mass is 32.1. The van der Waals surface area contributed by atoms with Gasteiger partial charge >= 0.3 is 0 Å². The highest BCUT2D eigenvalue weighted by Gasteiger charge is 2.23. The van der Waals surface area contributed by atoms with Crippen LogP contribution < -0.4 is 5.43 Å². The molecule has 1 fully saturated rings. The monoisotopic (exact) mass is 238 g/mol. The number of hydrogen-bond donors (Lipinski definition) is 1. The summed E-state index contributed by atoms with van der Waals surface area (Å²) in [5, 5.41) is 4.55. The fourth-order valence-electron chi connectivity index (χ4n) is 2.53. The van der Waals surface area contributed by atoms with E-state index in [4.69, 9.17) is 4.74 Å². The number of aryl methyl sites for hydroxylation is 1. The zero-order chi connectivity index (χ0) is 10.8. The number of thiophene rings is 1. The van der Waals surface area contributed by atoms with Crippen LogP contribution in [0.5, 0.6) is 0 Å². The van der Waals surface area contributed by atoms with Crippen LogP contribution in [0.2, 0.25) is 0 Å². The van der Waals surface area contributed by atoms with E-state index in [0.717, 1.165) is 26.3 Å². The number of ether oxygens (including phenoxy) is 1. The van der Waals surface area contributed by atoms with Gasteiger partial charge in [-0.15, -0.1) is 11.3 Å². The summed E-state index contributed by atoms with van der Waals surface area (Å²) in [6.45, 7) is 3.73. The normalized spacial score (nSPS) is 26.6. The molecule has 1 N–H and O–H groups in total. The average Bonchev–Trinajstić information content (AvgIpc) is 2.80. The molecule has 1 unspecified atom stereocenters. The number of morpholine rings is 1. The molecule has 3 nitrogen and oxygen atoms in total. The van der Waals surface area contributed by atoms with E-state index in [1.807, 2.05) is 11.3 Å². The molecule has 1 aromatic rings. The van der Waals surface area contributed by atoms with Gasteiger partial charge in [0.25, 0.3) is 0 Å². The van der Waals surface area contributed by atoms with Crippen LogP contribution in [-0.4, -0.2) is 31.3 Å². The molecular formula is C12H18N2OS. The van der Waals surface area contributed by atoms with Gasteiger partial charge in [0, 0.05) is 24.0 Å². The standard InChI is InChI=1S/C12H18N2OS/c1-2-11(10-4-9-16-12(10)3-1)13-14-5-7-15-8-6-14/h4,9,11,13H,1-3,5-8H2. The largest absolute Gasteiger partial charge is 0.379 e. The van der Waals surface area contributed by atoms with Gasteiger partial charge in [0.2, 0.25) is 0 Å². The lowest BCUT2D eigenvalue weighted by atomic mass is 9.94. The van der Waals surface area contributed by atoms with Crippen molar-refractivity contribution in [2.45, 2.75) is 25.3 Å². The predicted octanol–water partition coefficient (Wildman–Crippen LogP) is 1.96. The van der Waals surface area contributed by atoms with Gasteiger partial charge in [-0.05, 0) is 36.3 Å². The lowest BCUT2D eigenvalue weighted by Crippen LogP contribution is -2.47. The Balaban J connectivity index is 1.67. The molecule has 1 atom stereocenters. The SMILES string of the molecule is c1cc2c(s1)CCCC2NN1CCOCC1. The smallest absolute Gasteiger partial charge is 0.0608 e. The molecule has 1 aromatic heterocycles. The molecule has 2 aliphatic rings. The second-order valence-electron chi connectivity index (χ2n) is 4.47. The van der Waals surface area contributed by atoms with Crippen molar-refractivity contribution < 1.29 is 4.74 Å². The fraction of sp³-hybridized carbons (Fsp3) is 0.667. The Kier molecular flexibility index (Phi) is 3.24. The van der Waals surface area contributed by atoms with Crippen molar-refractivity contribution in [3.8, 4) is 0 Å². The molecule has 0 spiro atoms. The van der Waals surface area contributed by atoms with Gasteiger partial charge in [-0.1, -0.05) is 0 Å². The number of nitrogens with one attached hydrogen (secondary N) is 1. The van der Waals surface area contributed by atoms with E-state index in [1.54, 1.807) is 4.88 Å². The van der Waals surface area contributed by atoms with Gasteiger partial charge in [-0.25, -0.2) is 10.4 Å². The van der Waals surface area contributed by atoms with E-state index >= 15 is 0 Å². The van der Waals surface area contributed by atoms with Gasteiger partial charge in [0.1, 0.15) is 0 Å². The van der Waals surface area contributed by atoms with Gasteiger partial charge in [0.05, 0.1) is 13.2 Å². The Bertz CT molecular complexity index is 347. The molecule has 0 amide bonds. The number of rotatable bonds is 2. The molecule has 0 bridgehead atoms. The summed E-state index contributed by atoms with van der Waals surface area (Å²) in [6, 6.07) is 2.82. The van der Waals surface area contributed by atoms with Crippen LogP contribution in [0.25, 0.3) is 0 Å². The summed E-state index contributed by atoms with van der Waals surface area (Å²) in [5.74, 6) is 0. The van der Waals surface area contributed by atoms with Crippen molar-refractivity contribution in [1.82, 2.24) is 10.4 Å². The van der Waals surface area contributed by atoms with E-state index < -0.39 is 0 Å². The molecule has 1 aliphatic carbocycles. The minimum Gasteiger partial charge on any atom is -0.379 e. The van der Waals surface area contributed by atoms with E-state index in [9.17, 15) is 0 Å². The topological polar surface area (TPSA) is 24.5 Å². The number of fused-ring (bicyclic) bond motifs is 1. The van der Waals surface area contributed by atoms with E-state index in [-0.39, 0.29) is 0 Å². The van der Waals surface area contributed by atoms with E-state index in [2.05, 4.69) is 21.9 Å². The highest BCUT2D eigenvalue weighted by Crippen LogP contribution is 2.33. The third-order valence-electron chi connectivity index (χ3n) is 3.40. The maximum absolute atomic E-state index is 5.36. The van der Waals surface area contributed by atoms with Gasteiger partial charge in [-0.3, -0.25) is 0 Å². The Morgan fingerprint density at radius 1 is 1.38 bits per heavy atom. The van der Waals surface area contributed by atoms with Crippen molar-refractivity contribution in [2.24, 2.45) is 0 Å². The van der Waals surface area contributed by atoms with E-state index in [0.29, 0.717) is 6.04 Å². The maximum Gasteiger partial charge on any atom is 0.0608 e. The van der Waals surface area contributed by atoms with Crippen LogP contribution in [0.3, 0.4) is 0 Å². The first kappa shape index (κ1) is 10.7. The van der Waals surface area contributed by atoms with Crippen LogP contribution in [-0.2, 0) is 11.2 Å². The molecule has 1 aliphatic heterocycles. The molecule has 3 rings (SSSR count). The van der Waals surface area contributed by atoms with Crippen LogP contribution in [0.15, 0.2) is 11.4 Å². The second-order valence-corrected chi connectivity index (χ2v) is 5.47.